The molecule has 16 heavy (non-hydrogen) atoms. The van der Waals surface area contributed by atoms with Crippen molar-refractivity contribution in [2.24, 2.45) is 0 Å². The lowest BCUT2D eigenvalue weighted by Crippen LogP contribution is -2.14. The monoisotopic (exact) mass is 220 g/mol. The molecule has 1 fully saturated rings. The fraction of sp³-hybridized carbons (Fsp3) is 0.462. The van der Waals surface area contributed by atoms with Gasteiger partial charge < -0.3 is 9.47 Å². The van der Waals surface area contributed by atoms with Crippen LogP contribution in [0.4, 0.5) is 0 Å². The van der Waals surface area contributed by atoms with Crippen LogP contribution in [0.1, 0.15) is 31.2 Å². The molecule has 0 amide bonds. The van der Waals surface area contributed by atoms with E-state index in [0.29, 0.717) is 12.5 Å². The van der Waals surface area contributed by atoms with Crippen molar-refractivity contribution >= 4 is 5.97 Å². The summed E-state index contributed by atoms with van der Waals surface area (Å²) < 4.78 is 10.2. The zero-order valence-corrected chi connectivity index (χ0v) is 9.44. The summed E-state index contributed by atoms with van der Waals surface area (Å²) in [6, 6.07) is 7.95. The highest BCUT2D eigenvalue weighted by Gasteiger charge is 2.23. The van der Waals surface area contributed by atoms with E-state index in [1.165, 1.54) is 18.4 Å². The minimum Gasteiger partial charge on any atom is -0.482 e. The molecule has 1 aliphatic carbocycles. The molecule has 1 aliphatic rings. The SMILES string of the molecule is CCOC(=O)COc1cccc(C2CC2)c1. The zero-order valence-electron chi connectivity index (χ0n) is 9.44. The first-order chi connectivity index (χ1) is 7.79. The molecule has 0 bridgehead atoms. The summed E-state index contributed by atoms with van der Waals surface area (Å²) in [6.07, 6.45) is 2.53. The van der Waals surface area contributed by atoms with E-state index in [1.54, 1.807) is 6.92 Å². The molecule has 0 radical (unpaired) electrons. The number of rotatable bonds is 5. The molecule has 2 rings (SSSR count). The average molecular weight is 220 g/mol. The first kappa shape index (κ1) is 11.0. The van der Waals surface area contributed by atoms with E-state index in [1.807, 2.05) is 18.2 Å². The Morgan fingerprint density at radius 3 is 2.94 bits per heavy atom. The van der Waals surface area contributed by atoms with Gasteiger partial charge in [0.05, 0.1) is 6.61 Å². The van der Waals surface area contributed by atoms with Crippen LogP contribution in [-0.4, -0.2) is 19.2 Å². The molecule has 0 unspecified atom stereocenters. The fourth-order valence-electron chi connectivity index (χ4n) is 1.62. The minimum atomic E-state index is -0.320. The molecule has 0 saturated heterocycles. The van der Waals surface area contributed by atoms with Crippen LogP contribution < -0.4 is 4.74 Å². The third-order valence-electron chi connectivity index (χ3n) is 2.57. The van der Waals surface area contributed by atoms with Crippen molar-refractivity contribution in [2.45, 2.75) is 25.7 Å². The van der Waals surface area contributed by atoms with Crippen LogP contribution in [0, 0.1) is 0 Å². The maximum Gasteiger partial charge on any atom is 0.344 e. The largest absolute Gasteiger partial charge is 0.482 e. The van der Waals surface area contributed by atoms with Crippen molar-refractivity contribution in [2.75, 3.05) is 13.2 Å². The van der Waals surface area contributed by atoms with E-state index in [4.69, 9.17) is 9.47 Å². The summed E-state index contributed by atoms with van der Waals surface area (Å²) in [7, 11) is 0. The Kier molecular flexibility index (Phi) is 3.44. The van der Waals surface area contributed by atoms with Gasteiger partial charge in [0.2, 0.25) is 0 Å². The molecule has 3 nitrogen and oxygen atoms in total. The third-order valence-corrected chi connectivity index (χ3v) is 2.57. The van der Waals surface area contributed by atoms with E-state index >= 15 is 0 Å². The normalized spacial score (nSPS) is 14.6. The van der Waals surface area contributed by atoms with Crippen LogP contribution in [0.25, 0.3) is 0 Å². The number of ether oxygens (including phenoxy) is 2. The molecule has 86 valence electrons. The molecule has 0 atom stereocenters. The first-order valence-corrected chi connectivity index (χ1v) is 5.68. The van der Waals surface area contributed by atoms with Gasteiger partial charge in [-0.05, 0) is 43.4 Å². The second-order valence-corrected chi connectivity index (χ2v) is 3.94. The van der Waals surface area contributed by atoms with Gasteiger partial charge in [-0.15, -0.1) is 0 Å². The fourth-order valence-corrected chi connectivity index (χ4v) is 1.62. The van der Waals surface area contributed by atoms with Gasteiger partial charge in [0.1, 0.15) is 5.75 Å². The first-order valence-electron chi connectivity index (χ1n) is 5.68. The van der Waals surface area contributed by atoms with Gasteiger partial charge >= 0.3 is 5.97 Å². The molecule has 1 saturated carbocycles. The molecule has 1 aromatic rings. The zero-order chi connectivity index (χ0) is 11.4. The highest BCUT2D eigenvalue weighted by atomic mass is 16.6. The maximum absolute atomic E-state index is 11.1. The van der Waals surface area contributed by atoms with Crippen LogP contribution in [0.3, 0.4) is 0 Å². The molecule has 0 heterocycles. The average Bonchev–Trinajstić information content (AvgIpc) is 3.11. The standard InChI is InChI=1S/C13H16O3/c1-2-15-13(14)9-16-12-5-3-4-11(8-12)10-6-7-10/h3-5,8,10H,2,6-7,9H2,1H3. The number of esters is 1. The van der Waals surface area contributed by atoms with Crippen molar-refractivity contribution in [3.63, 3.8) is 0 Å². The lowest BCUT2D eigenvalue weighted by Gasteiger charge is -2.07. The van der Waals surface area contributed by atoms with E-state index in [-0.39, 0.29) is 12.6 Å². The van der Waals surface area contributed by atoms with Crippen LogP contribution >= 0.6 is 0 Å². The van der Waals surface area contributed by atoms with E-state index in [2.05, 4.69) is 6.07 Å². The Morgan fingerprint density at radius 1 is 1.44 bits per heavy atom. The highest BCUT2D eigenvalue weighted by molar-refractivity contribution is 5.71. The van der Waals surface area contributed by atoms with Crippen molar-refractivity contribution < 1.29 is 14.3 Å². The van der Waals surface area contributed by atoms with Gasteiger partial charge in [0, 0.05) is 0 Å². The van der Waals surface area contributed by atoms with Gasteiger partial charge in [0.15, 0.2) is 6.61 Å². The van der Waals surface area contributed by atoms with Crippen molar-refractivity contribution in [3.05, 3.63) is 29.8 Å². The minimum absolute atomic E-state index is 0.0119. The molecule has 0 aromatic heterocycles. The second-order valence-electron chi connectivity index (χ2n) is 3.94. The lowest BCUT2D eigenvalue weighted by molar-refractivity contribution is -0.145. The molecular formula is C13H16O3. The summed E-state index contributed by atoms with van der Waals surface area (Å²) in [6.45, 7) is 2.16. The Balaban J connectivity index is 1.88. The van der Waals surface area contributed by atoms with Crippen molar-refractivity contribution in [1.82, 2.24) is 0 Å². The van der Waals surface area contributed by atoms with Gasteiger partial charge in [-0.3, -0.25) is 0 Å². The van der Waals surface area contributed by atoms with Gasteiger partial charge in [-0.2, -0.15) is 0 Å². The van der Waals surface area contributed by atoms with E-state index < -0.39 is 0 Å². The van der Waals surface area contributed by atoms with E-state index in [9.17, 15) is 4.79 Å². The van der Waals surface area contributed by atoms with Crippen LogP contribution in [-0.2, 0) is 9.53 Å². The smallest absolute Gasteiger partial charge is 0.344 e. The molecule has 3 heteroatoms. The third kappa shape index (κ3) is 2.99. The van der Waals surface area contributed by atoms with E-state index in [0.717, 1.165) is 5.75 Å². The topological polar surface area (TPSA) is 35.5 Å². The predicted octanol–water partition coefficient (Wildman–Crippen LogP) is 2.51. The maximum atomic E-state index is 11.1. The molecule has 1 aromatic carbocycles. The molecular weight excluding hydrogens is 204 g/mol. The summed E-state index contributed by atoms with van der Waals surface area (Å²) >= 11 is 0. The van der Waals surface area contributed by atoms with Gasteiger partial charge in [0.25, 0.3) is 0 Å². The Hall–Kier alpha value is -1.51. The molecule has 0 N–H and O–H groups in total. The number of hydrogen-bond donors (Lipinski definition) is 0. The summed E-state index contributed by atoms with van der Waals surface area (Å²) in [4.78, 5) is 11.1. The lowest BCUT2D eigenvalue weighted by atomic mass is 10.1. The number of carbonyl (C=O) groups is 1. The molecule has 0 aliphatic heterocycles. The van der Waals surface area contributed by atoms with Crippen LogP contribution in [0.2, 0.25) is 0 Å². The Labute approximate surface area is 95.4 Å². The summed E-state index contributed by atoms with van der Waals surface area (Å²) in [5.74, 6) is 1.13. The van der Waals surface area contributed by atoms with Gasteiger partial charge in [-0.25, -0.2) is 4.79 Å². The Bertz CT molecular complexity index is 369. The summed E-state index contributed by atoms with van der Waals surface area (Å²) in [5.41, 5.74) is 1.31. The summed E-state index contributed by atoms with van der Waals surface area (Å²) in [5, 5.41) is 0. The van der Waals surface area contributed by atoms with Crippen LogP contribution in [0.15, 0.2) is 24.3 Å². The number of benzene rings is 1. The highest BCUT2D eigenvalue weighted by Crippen LogP contribution is 2.40. The molecule has 0 spiro atoms. The second kappa shape index (κ2) is 5.01. The predicted molar refractivity (Wildman–Crippen MR) is 60.5 cm³/mol. The van der Waals surface area contributed by atoms with Crippen molar-refractivity contribution in [3.8, 4) is 5.75 Å². The van der Waals surface area contributed by atoms with Gasteiger partial charge in [-0.1, -0.05) is 12.1 Å². The number of hydrogen-bond acceptors (Lipinski definition) is 3. The quantitative estimate of drug-likeness (QED) is 0.715. The van der Waals surface area contributed by atoms with Crippen molar-refractivity contribution in [1.29, 1.82) is 0 Å². The number of carbonyl (C=O) groups excluding carboxylic acids is 1. The van der Waals surface area contributed by atoms with Crippen LogP contribution in [0.5, 0.6) is 5.75 Å². The Morgan fingerprint density at radius 2 is 2.25 bits per heavy atom.